The third kappa shape index (κ3) is 7.29. The number of carbonyl (C=O) groups is 1. The Kier molecular flexibility index (Phi) is 10.5. The van der Waals surface area contributed by atoms with E-state index in [0.717, 1.165) is 35.5 Å². The van der Waals surface area contributed by atoms with Gasteiger partial charge < -0.3 is 14.7 Å². The first-order chi connectivity index (χ1) is 23.6. The summed E-state index contributed by atoms with van der Waals surface area (Å²) in [5.74, 6) is 1.09. The van der Waals surface area contributed by atoms with E-state index in [2.05, 4.69) is 107 Å². The van der Waals surface area contributed by atoms with Gasteiger partial charge in [0.1, 0.15) is 12.4 Å². The van der Waals surface area contributed by atoms with Crippen molar-refractivity contribution in [3.05, 3.63) is 167 Å². The quantitative estimate of drug-likeness (QED) is 0.176. The molecule has 242 valence electrons. The van der Waals surface area contributed by atoms with E-state index >= 15 is 0 Å². The van der Waals surface area contributed by atoms with Crippen LogP contribution in [0.3, 0.4) is 0 Å². The summed E-state index contributed by atoms with van der Waals surface area (Å²) in [7, 11) is 3.51. The fourth-order valence-corrected chi connectivity index (χ4v) is 6.75. The number of aliphatic hydroxyl groups excluding tert-OH is 1. The van der Waals surface area contributed by atoms with E-state index < -0.39 is 0 Å². The summed E-state index contributed by atoms with van der Waals surface area (Å²) < 4.78 is 4.64. The molecule has 0 unspecified atom stereocenters. The zero-order chi connectivity index (χ0) is 33.3. The number of rotatable bonds is 8. The number of methoxy groups -OCH3 is 1. The van der Waals surface area contributed by atoms with Crippen molar-refractivity contribution >= 4 is 17.5 Å². The molecule has 2 aliphatic rings. The first kappa shape index (κ1) is 32.6. The van der Waals surface area contributed by atoms with Gasteiger partial charge >= 0.3 is 5.97 Å². The van der Waals surface area contributed by atoms with E-state index in [-0.39, 0.29) is 31.2 Å². The highest BCUT2D eigenvalue weighted by atomic mass is 16.5. The highest BCUT2D eigenvalue weighted by molar-refractivity contribution is 6.24. The smallest absolute Gasteiger partial charge is 0.327 e. The van der Waals surface area contributed by atoms with Crippen molar-refractivity contribution in [2.75, 3.05) is 27.3 Å². The van der Waals surface area contributed by atoms with Crippen LogP contribution in [0.25, 0.3) is 11.1 Å². The van der Waals surface area contributed by atoms with Crippen LogP contribution in [-0.2, 0) is 16.0 Å². The number of esters is 1. The molecule has 1 aliphatic heterocycles. The number of nitrogens with zero attached hydrogens (tertiary/aromatic N) is 3. The number of carbonyl (C=O) groups excluding carboxylic acids is 1. The van der Waals surface area contributed by atoms with Gasteiger partial charge in [-0.05, 0) is 34.2 Å². The van der Waals surface area contributed by atoms with Gasteiger partial charge in [0.2, 0.25) is 0 Å². The molecule has 0 saturated carbocycles. The molecule has 1 heterocycles. The van der Waals surface area contributed by atoms with E-state index in [1.165, 1.54) is 34.9 Å². The lowest BCUT2D eigenvalue weighted by atomic mass is 9.87. The summed E-state index contributed by atoms with van der Waals surface area (Å²) in [6, 6.07) is 48.0. The second-order valence-electron chi connectivity index (χ2n) is 12.1. The molecule has 48 heavy (non-hydrogen) atoms. The zero-order valence-electron chi connectivity index (χ0n) is 27.4. The molecule has 5 aromatic rings. The fraction of sp³-hybridized carbons (Fsp3) is 0.214. The van der Waals surface area contributed by atoms with Crippen LogP contribution in [0.2, 0.25) is 0 Å². The second kappa shape index (κ2) is 15.5. The number of aliphatic hydroxyl groups is 1. The molecule has 1 saturated heterocycles. The Morgan fingerprint density at radius 1 is 0.750 bits per heavy atom. The zero-order valence-corrected chi connectivity index (χ0v) is 27.4. The largest absolute Gasteiger partial charge is 0.468 e. The van der Waals surface area contributed by atoms with Gasteiger partial charge in [0.25, 0.3) is 0 Å². The maximum Gasteiger partial charge on any atom is 0.327 e. The Morgan fingerprint density at radius 2 is 1.25 bits per heavy atom. The Bertz CT molecular complexity index is 1830. The molecule has 0 radical (unpaired) electrons. The van der Waals surface area contributed by atoms with E-state index in [9.17, 15) is 9.90 Å². The fourth-order valence-electron chi connectivity index (χ4n) is 6.75. The minimum atomic E-state index is -0.325. The summed E-state index contributed by atoms with van der Waals surface area (Å²) in [5, 5.41) is 9.97. The molecule has 7 rings (SSSR count). The Labute approximate surface area is 283 Å². The van der Waals surface area contributed by atoms with Gasteiger partial charge in [-0.2, -0.15) is 0 Å². The number of likely N-dealkylation sites (tertiary alicyclic amines) is 1. The van der Waals surface area contributed by atoms with Crippen molar-refractivity contribution < 1.29 is 14.6 Å². The lowest BCUT2D eigenvalue weighted by Crippen LogP contribution is -2.27. The second-order valence-corrected chi connectivity index (χ2v) is 12.1. The third-order valence-electron chi connectivity index (χ3n) is 9.08. The molecular formula is C42H41N3O3. The van der Waals surface area contributed by atoms with Gasteiger partial charge in [-0.15, -0.1) is 0 Å². The average molecular weight is 636 g/mol. The number of fused-ring (bicyclic) bond motifs is 3. The predicted molar refractivity (Wildman–Crippen MR) is 194 cm³/mol. The molecule has 5 aromatic carbocycles. The molecular weight excluding hydrogens is 594 g/mol. The van der Waals surface area contributed by atoms with Crippen LogP contribution in [0.4, 0.5) is 0 Å². The Morgan fingerprint density at radius 3 is 1.79 bits per heavy atom. The van der Waals surface area contributed by atoms with E-state index in [4.69, 9.17) is 4.99 Å². The van der Waals surface area contributed by atoms with Crippen molar-refractivity contribution in [3.63, 3.8) is 0 Å². The van der Waals surface area contributed by atoms with Gasteiger partial charge in [-0.25, -0.2) is 0 Å². The average Bonchev–Trinajstić information content (AvgIpc) is 3.65. The third-order valence-corrected chi connectivity index (χ3v) is 9.08. The molecule has 3 atom stereocenters. The van der Waals surface area contributed by atoms with Crippen LogP contribution < -0.4 is 0 Å². The normalized spacial score (nSPS) is 17.6. The van der Waals surface area contributed by atoms with Crippen molar-refractivity contribution in [2.45, 2.75) is 30.8 Å². The van der Waals surface area contributed by atoms with E-state index in [0.29, 0.717) is 5.92 Å². The van der Waals surface area contributed by atoms with Crippen LogP contribution in [0.1, 0.15) is 46.2 Å². The summed E-state index contributed by atoms with van der Waals surface area (Å²) in [6.45, 7) is 0.104. The molecule has 1 N–H and O–H groups in total. The van der Waals surface area contributed by atoms with Crippen molar-refractivity contribution in [1.29, 1.82) is 0 Å². The van der Waals surface area contributed by atoms with E-state index in [1.54, 1.807) is 0 Å². The highest BCUT2D eigenvalue weighted by Gasteiger charge is 2.38. The Balaban J connectivity index is 0.000000182. The summed E-state index contributed by atoms with van der Waals surface area (Å²) in [4.78, 5) is 23.0. The van der Waals surface area contributed by atoms with E-state index in [1.807, 2.05) is 54.6 Å². The lowest BCUT2D eigenvalue weighted by Gasteiger charge is -2.27. The first-order valence-electron chi connectivity index (χ1n) is 16.4. The van der Waals surface area contributed by atoms with Crippen LogP contribution in [-0.4, -0.2) is 60.9 Å². The number of likely N-dealkylation sites (N-methyl/N-ethyl adjacent to an activating group) is 1. The molecule has 0 spiro atoms. The van der Waals surface area contributed by atoms with Crippen LogP contribution in [0.5, 0.6) is 0 Å². The standard InChI is InChI=1S/C26H28N2O.C16H13NO2/c1-28-25(27-23(19-29)17-20-11-5-2-6-12-20)18-24(21-13-7-3-8-14-21)26(28)22-15-9-4-10-16-22;1-19-15(18)10-17-16-13-8-4-2-6-11(13)12-7-3-5-9-14(12)16/h2-16,23-24,26,29H,17-19H2,1H3;2-9H,10H2,1H3/t23-,24-,26-;/m0./s1. The molecule has 0 amide bonds. The minimum Gasteiger partial charge on any atom is -0.468 e. The molecule has 0 aromatic heterocycles. The number of aliphatic imine (C=N–C) groups is 2. The van der Waals surface area contributed by atoms with Gasteiger partial charge in [0.05, 0.1) is 31.5 Å². The maximum absolute atomic E-state index is 11.3. The number of benzene rings is 5. The maximum atomic E-state index is 11.3. The first-order valence-corrected chi connectivity index (χ1v) is 16.4. The Hall–Kier alpha value is -5.33. The topological polar surface area (TPSA) is 74.5 Å². The molecule has 0 bridgehead atoms. The number of hydrogen-bond acceptors (Lipinski definition) is 5. The molecule has 1 aliphatic carbocycles. The van der Waals surface area contributed by atoms with Crippen LogP contribution in [0.15, 0.2) is 150 Å². The lowest BCUT2D eigenvalue weighted by molar-refractivity contribution is -0.138. The van der Waals surface area contributed by atoms with Gasteiger partial charge in [0, 0.05) is 30.5 Å². The van der Waals surface area contributed by atoms with Crippen LogP contribution in [0, 0.1) is 0 Å². The molecule has 6 heteroatoms. The highest BCUT2D eigenvalue weighted by Crippen LogP contribution is 2.44. The van der Waals surface area contributed by atoms with Crippen molar-refractivity contribution in [2.24, 2.45) is 9.98 Å². The molecule has 1 fully saturated rings. The molecule has 6 nitrogen and oxygen atoms in total. The summed E-state index contributed by atoms with van der Waals surface area (Å²) >= 11 is 0. The summed E-state index contributed by atoms with van der Waals surface area (Å²) in [6.07, 6.45) is 1.63. The van der Waals surface area contributed by atoms with Crippen molar-refractivity contribution in [3.8, 4) is 11.1 Å². The number of hydrogen-bond donors (Lipinski definition) is 1. The summed E-state index contributed by atoms with van der Waals surface area (Å²) in [5.41, 5.74) is 9.20. The van der Waals surface area contributed by atoms with Crippen LogP contribution >= 0.6 is 0 Å². The number of ether oxygens (including phenoxy) is 1. The van der Waals surface area contributed by atoms with Gasteiger partial charge in [-0.1, -0.05) is 140 Å². The minimum absolute atomic E-state index is 0.0501. The van der Waals surface area contributed by atoms with Gasteiger partial charge in [0.15, 0.2) is 0 Å². The monoisotopic (exact) mass is 635 g/mol. The predicted octanol–water partition coefficient (Wildman–Crippen LogP) is 7.53. The van der Waals surface area contributed by atoms with Gasteiger partial charge in [-0.3, -0.25) is 14.8 Å². The number of amidine groups is 1. The van der Waals surface area contributed by atoms with Crippen molar-refractivity contribution in [1.82, 2.24) is 4.90 Å². The SMILES string of the molecule is CN1C(=N[C@H](CO)Cc2ccccc2)C[C@@H](c2ccccc2)[C@@H]1c1ccccc1.COC(=O)CN=C1c2ccccc2-c2ccccc21.